The summed E-state index contributed by atoms with van der Waals surface area (Å²) < 4.78 is 0. The van der Waals surface area contributed by atoms with Gasteiger partial charge < -0.3 is 21.1 Å². The molecule has 0 saturated carbocycles. The van der Waals surface area contributed by atoms with E-state index in [0.717, 1.165) is 53.4 Å². The van der Waals surface area contributed by atoms with Gasteiger partial charge in [-0.05, 0) is 67.8 Å². The predicted octanol–water partition coefficient (Wildman–Crippen LogP) is 3.81. The van der Waals surface area contributed by atoms with Gasteiger partial charge in [0.15, 0.2) is 0 Å². The van der Waals surface area contributed by atoms with Gasteiger partial charge in [0.2, 0.25) is 5.91 Å². The number of unbranched alkanes of at least 4 members (excludes halogenated alkanes) is 2. The van der Waals surface area contributed by atoms with Crippen LogP contribution in [0.15, 0.2) is 48.5 Å². The SMILES string of the molecule is CCCCc1ccc(C2NC(C(=O)NC(CCCCN)C(=O)O)Cc3c2[nH]c2ccccc32)cc1. The van der Waals surface area contributed by atoms with Crippen molar-refractivity contribution in [3.8, 4) is 0 Å². The van der Waals surface area contributed by atoms with Crippen molar-refractivity contribution >= 4 is 22.8 Å². The molecule has 1 aliphatic rings. The second-order valence-electron chi connectivity index (χ2n) is 9.45. The normalized spacial score (nSPS) is 18.2. The highest BCUT2D eigenvalue weighted by Crippen LogP contribution is 2.35. The predicted molar refractivity (Wildman–Crippen MR) is 138 cm³/mol. The van der Waals surface area contributed by atoms with Crippen molar-refractivity contribution in [2.24, 2.45) is 5.73 Å². The zero-order valence-corrected chi connectivity index (χ0v) is 20.3. The molecular formula is C28H36N4O3. The standard InChI is InChI=1S/C28H36N4O3/c1-2-3-8-18-12-14-19(15-13-18)25-26-21(20-9-4-5-10-22(20)30-26)17-24(31-25)27(33)32-23(28(34)35)11-6-7-16-29/h4-5,9-10,12-15,23-25,30-31H,2-3,6-8,11,16-17,29H2,1H3,(H,32,33)(H,34,35). The lowest BCUT2D eigenvalue weighted by Gasteiger charge is -2.32. The number of nitrogens with two attached hydrogens (primary N) is 1. The molecule has 1 amide bonds. The Balaban J connectivity index is 1.61. The van der Waals surface area contributed by atoms with Gasteiger partial charge in [-0.3, -0.25) is 10.1 Å². The molecule has 0 bridgehead atoms. The maximum Gasteiger partial charge on any atom is 0.326 e. The number of aryl methyl sites for hydroxylation is 1. The molecule has 2 heterocycles. The molecule has 3 atom stereocenters. The molecule has 0 saturated heterocycles. The van der Waals surface area contributed by atoms with Crippen LogP contribution in [0, 0.1) is 0 Å². The molecule has 186 valence electrons. The first kappa shape index (κ1) is 24.9. The van der Waals surface area contributed by atoms with Crippen molar-refractivity contribution in [2.75, 3.05) is 6.54 Å². The Morgan fingerprint density at radius 1 is 1.11 bits per heavy atom. The van der Waals surface area contributed by atoms with Crippen molar-refractivity contribution in [1.29, 1.82) is 0 Å². The Hall–Kier alpha value is -3.16. The van der Waals surface area contributed by atoms with Crippen molar-refractivity contribution in [3.63, 3.8) is 0 Å². The average molecular weight is 477 g/mol. The second-order valence-corrected chi connectivity index (χ2v) is 9.45. The van der Waals surface area contributed by atoms with E-state index in [0.29, 0.717) is 25.8 Å². The molecule has 6 N–H and O–H groups in total. The molecule has 3 aromatic rings. The summed E-state index contributed by atoms with van der Waals surface area (Å²) in [6.07, 6.45) is 5.62. The number of carboxylic acids is 1. The largest absolute Gasteiger partial charge is 0.480 e. The Kier molecular flexibility index (Phi) is 8.21. The molecule has 2 aromatic carbocycles. The average Bonchev–Trinajstić information content (AvgIpc) is 3.25. The highest BCUT2D eigenvalue weighted by atomic mass is 16.4. The van der Waals surface area contributed by atoms with Gasteiger partial charge in [-0.25, -0.2) is 4.79 Å². The number of para-hydroxylation sites is 1. The summed E-state index contributed by atoms with van der Waals surface area (Å²) in [5, 5.41) is 17.0. The maximum atomic E-state index is 13.3. The number of aromatic nitrogens is 1. The van der Waals surface area contributed by atoms with E-state index in [2.05, 4.69) is 52.9 Å². The summed E-state index contributed by atoms with van der Waals surface area (Å²) in [6.45, 7) is 2.70. The van der Waals surface area contributed by atoms with Crippen LogP contribution >= 0.6 is 0 Å². The van der Waals surface area contributed by atoms with Gasteiger partial charge in [-0.15, -0.1) is 0 Å². The summed E-state index contributed by atoms with van der Waals surface area (Å²) in [7, 11) is 0. The lowest BCUT2D eigenvalue weighted by Crippen LogP contribution is -2.53. The zero-order valence-electron chi connectivity index (χ0n) is 20.3. The van der Waals surface area contributed by atoms with Crippen LogP contribution in [0.4, 0.5) is 0 Å². The van der Waals surface area contributed by atoms with E-state index < -0.39 is 18.1 Å². The smallest absolute Gasteiger partial charge is 0.326 e. The number of carboxylic acid groups (broad SMARTS) is 1. The van der Waals surface area contributed by atoms with Gasteiger partial charge in [0, 0.05) is 16.6 Å². The number of hydrogen-bond acceptors (Lipinski definition) is 4. The number of fused-ring (bicyclic) bond motifs is 3. The maximum absolute atomic E-state index is 13.3. The minimum Gasteiger partial charge on any atom is -0.480 e. The van der Waals surface area contributed by atoms with Gasteiger partial charge in [-0.2, -0.15) is 0 Å². The summed E-state index contributed by atoms with van der Waals surface area (Å²) in [5.74, 6) is -1.30. The lowest BCUT2D eigenvalue weighted by molar-refractivity contribution is -0.142. The van der Waals surface area contributed by atoms with Crippen molar-refractivity contribution < 1.29 is 14.7 Å². The molecule has 3 unspecified atom stereocenters. The van der Waals surface area contributed by atoms with Crippen LogP contribution in [-0.2, 0) is 22.4 Å². The first-order chi connectivity index (χ1) is 17.0. The first-order valence-corrected chi connectivity index (χ1v) is 12.7. The van der Waals surface area contributed by atoms with Crippen LogP contribution in [0.3, 0.4) is 0 Å². The number of amides is 1. The van der Waals surface area contributed by atoms with E-state index in [-0.39, 0.29) is 11.9 Å². The minimum atomic E-state index is -1.02. The zero-order chi connectivity index (χ0) is 24.8. The van der Waals surface area contributed by atoms with Crippen LogP contribution in [0.25, 0.3) is 10.9 Å². The number of aliphatic carboxylic acids is 1. The van der Waals surface area contributed by atoms with Gasteiger partial charge in [0.05, 0.1) is 12.1 Å². The van der Waals surface area contributed by atoms with E-state index in [9.17, 15) is 14.7 Å². The van der Waals surface area contributed by atoms with E-state index >= 15 is 0 Å². The molecule has 0 aliphatic carbocycles. The summed E-state index contributed by atoms with van der Waals surface area (Å²) >= 11 is 0. The number of H-pyrrole nitrogens is 1. The molecule has 0 radical (unpaired) electrons. The van der Waals surface area contributed by atoms with Gasteiger partial charge in [0.1, 0.15) is 6.04 Å². The molecular weight excluding hydrogens is 440 g/mol. The third-order valence-corrected chi connectivity index (χ3v) is 6.92. The number of carbonyl (C=O) groups is 2. The molecule has 7 heteroatoms. The molecule has 7 nitrogen and oxygen atoms in total. The highest BCUT2D eigenvalue weighted by Gasteiger charge is 2.35. The number of hydrogen-bond donors (Lipinski definition) is 5. The van der Waals surface area contributed by atoms with Crippen molar-refractivity contribution in [2.45, 2.75) is 70.0 Å². The molecule has 35 heavy (non-hydrogen) atoms. The Bertz CT molecular complexity index is 1150. The molecule has 0 fully saturated rings. The first-order valence-electron chi connectivity index (χ1n) is 12.7. The molecule has 0 spiro atoms. The number of benzene rings is 2. The van der Waals surface area contributed by atoms with Gasteiger partial charge in [0.25, 0.3) is 0 Å². The molecule has 1 aromatic heterocycles. The lowest BCUT2D eigenvalue weighted by atomic mass is 9.89. The topological polar surface area (TPSA) is 120 Å². The van der Waals surface area contributed by atoms with E-state index in [1.165, 1.54) is 5.56 Å². The van der Waals surface area contributed by atoms with Gasteiger partial charge >= 0.3 is 5.97 Å². The fourth-order valence-corrected chi connectivity index (χ4v) is 4.95. The van der Waals surface area contributed by atoms with Crippen LogP contribution in [-0.4, -0.2) is 40.6 Å². The van der Waals surface area contributed by atoms with Crippen LogP contribution < -0.4 is 16.4 Å². The van der Waals surface area contributed by atoms with Gasteiger partial charge in [-0.1, -0.05) is 55.8 Å². The summed E-state index contributed by atoms with van der Waals surface area (Å²) in [5.41, 5.74) is 11.1. The van der Waals surface area contributed by atoms with E-state index in [1.54, 1.807) is 0 Å². The van der Waals surface area contributed by atoms with Crippen LogP contribution in [0.5, 0.6) is 0 Å². The number of carbonyl (C=O) groups excluding carboxylic acids is 1. The summed E-state index contributed by atoms with van der Waals surface area (Å²) in [4.78, 5) is 28.6. The third-order valence-electron chi connectivity index (χ3n) is 6.92. The number of aromatic amines is 1. The van der Waals surface area contributed by atoms with Crippen LogP contribution in [0.1, 0.15) is 67.5 Å². The Morgan fingerprint density at radius 3 is 2.60 bits per heavy atom. The second kappa shape index (κ2) is 11.5. The Labute approximate surface area is 206 Å². The third kappa shape index (κ3) is 5.74. The quantitative estimate of drug-likeness (QED) is 0.270. The summed E-state index contributed by atoms with van der Waals surface area (Å²) in [6, 6.07) is 15.1. The molecule has 4 rings (SSSR count). The van der Waals surface area contributed by atoms with E-state index in [1.807, 2.05) is 18.2 Å². The fraction of sp³-hybridized carbons (Fsp3) is 0.429. The monoisotopic (exact) mass is 476 g/mol. The number of rotatable bonds is 11. The fourth-order valence-electron chi connectivity index (χ4n) is 4.95. The molecule has 1 aliphatic heterocycles. The van der Waals surface area contributed by atoms with Crippen molar-refractivity contribution in [3.05, 3.63) is 70.9 Å². The number of nitrogens with one attached hydrogen (secondary N) is 3. The highest BCUT2D eigenvalue weighted by molar-refractivity contribution is 5.90. The van der Waals surface area contributed by atoms with Crippen LogP contribution in [0.2, 0.25) is 0 Å². The minimum absolute atomic E-state index is 0.192. The van der Waals surface area contributed by atoms with E-state index in [4.69, 9.17) is 5.73 Å². The Morgan fingerprint density at radius 2 is 1.89 bits per heavy atom. The van der Waals surface area contributed by atoms with Crippen molar-refractivity contribution in [1.82, 2.24) is 15.6 Å².